The molecule has 5 heteroatoms. The Labute approximate surface area is 128 Å². The minimum Gasteiger partial charge on any atom is -0.382 e. The fraction of sp³-hybridized carbons (Fsp3) is 0.923. The monoisotopic (exact) mass is 369 g/mol. The number of rotatable bonds is 8. The van der Waals surface area contributed by atoms with E-state index >= 15 is 0 Å². The lowest BCUT2D eigenvalue weighted by atomic mass is 10.2. The molecule has 1 aliphatic carbocycles. The van der Waals surface area contributed by atoms with Gasteiger partial charge >= 0.3 is 0 Å². The van der Waals surface area contributed by atoms with Gasteiger partial charge in [-0.25, -0.2) is 0 Å². The molecule has 1 rings (SSSR count). The number of hydrogen-bond acceptors (Lipinski definition) is 2. The molecule has 1 aliphatic rings. The van der Waals surface area contributed by atoms with Crippen LogP contribution in [-0.2, 0) is 4.74 Å². The smallest absolute Gasteiger partial charge is 0.191 e. The molecular formula is C13H28IN3O. The molecule has 0 aliphatic heterocycles. The highest BCUT2D eigenvalue weighted by atomic mass is 127. The Kier molecular flexibility index (Phi) is 10.8. The molecule has 0 amide bonds. The normalized spacial score (nSPS) is 22.3. The summed E-state index contributed by atoms with van der Waals surface area (Å²) in [5.74, 6) is 1.80. The second kappa shape index (κ2) is 10.8. The van der Waals surface area contributed by atoms with E-state index in [4.69, 9.17) is 4.74 Å². The highest BCUT2D eigenvalue weighted by Crippen LogP contribution is 2.34. The van der Waals surface area contributed by atoms with Gasteiger partial charge in [0.25, 0.3) is 0 Å². The Hall–Kier alpha value is -0.0400. The van der Waals surface area contributed by atoms with Gasteiger partial charge in [0.15, 0.2) is 5.96 Å². The van der Waals surface area contributed by atoms with Crippen LogP contribution >= 0.6 is 24.0 Å². The number of ether oxygens (including phenoxy) is 1. The van der Waals surface area contributed by atoms with Crippen LogP contribution in [0.25, 0.3) is 0 Å². The number of nitrogens with zero attached hydrogens (tertiary/aromatic N) is 1. The van der Waals surface area contributed by atoms with Crippen molar-refractivity contribution in [2.75, 3.05) is 26.8 Å². The SMILES string of the molecule is CCCC1CC1NC(=NC)NCCCOCC.I. The maximum atomic E-state index is 5.29. The van der Waals surface area contributed by atoms with Gasteiger partial charge in [-0.1, -0.05) is 13.3 Å². The third-order valence-corrected chi connectivity index (χ3v) is 3.09. The van der Waals surface area contributed by atoms with Crippen molar-refractivity contribution < 1.29 is 4.74 Å². The van der Waals surface area contributed by atoms with E-state index < -0.39 is 0 Å². The summed E-state index contributed by atoms with van der Waals surface area (Å²) in [6, 6.07) is 0.646. The number of halogens is 1. The summed E-state index contributed by atoms with van der Waals surface area (Å²) in [6.45, 7) is 6.81. The van der Waals surface area contributed by atoms with Gasteiger partial charge in [-0.3, -0.25) is 4.99 Å². The molecule has 1 fully saturated rings. The van der Waals surface area contributed by atoms with E-state index in [0.29, 0.717) is 6.04 Å². The van der Waals surface area contributed by atoms with Gasteiger partial charge in [-0.05, 0) is 32.1 Å². The van der Waals surface area contributed by atoms with Crippen LogP contribution in [0.4, 0.5) is 0 Å². The number of aliphatic imine (C=N–C) groups is 1. The van der Waals surface area contributed by atoms with Crippen LogP contribution in [0, 0.1) is 5.92 Å². The summed E-state index contributed by atoms with van der Waals surface area (Å²) in [5.41, 5.74) is 0. The summed E-state index contributed by atoms with van der Waals surface area (Å²) in [5, 5.41) is 6.79. The summed E-state index contributed by atoms with van der Waals surface area (Å²) >= 11 is 0. The average molecular weight is 369 g/mol. The van der Waals surface area contributed by atoms with Crippen molar-refractivity contribution in [1.29, 1.82) is 0 Å². The lowest BCUT2D eigenvalue weighted by molar-refractivity contribution is 0.145. The molecule has 0 spiro atoms. The molecule has 0 radical (unpaired) electrons. The zero-order chi connectivity index (χ0) is 12.5. The molecule has 108 valence electrons. The number of hydrogen-bond donors (Lipinski definition) is 2. The summed E-state index contributed by atoms with van der Waals surface area (Å²) in [6.07, 6.45) is 4.94. The third-order valence-electron chi connectivity index (χ3n) is 3.09. The highest BCUT2D eigenvalue weighted by molar-refractivity contribution is 14.0. The Morgan fingerprint density at radius 2 is 2.17 bits per heavy atom. The van der Waals surface area contributed by atoms with Crippen molar-refractivity contribution in [3.8, 4) is 0 Å². The Balaban J connectivity index is 0.00000289. The fourth-order valence-corrected chi connectivity index (χ4v) is 2.01. The van der Waals surface area contributed by atoms with E-state index in [-0.39, 0.29) is 24.0 Å². The number of nitrogens with one attached hydrogen (secondary N) is 2. The van der Waals surface area contributed by atoms with Crippen molar-refractivity contribution in [3.63, 3.8) is 0 Å². The van der Waals surface area contributed by atoms with Gasteiger partial charge in [0.2, 0.25) is 0 Å². The summed E-state index contributed by atoms with van der Waals surface area (Å²) in [7, 11) is 1.83. The van der Waals surface area contributed by atoms with Crippen LogP contribution in [-0.4, -0.2) is 38.8 Å². The van der Waals surface area contributed by atoms with Gasteiger partial charge in [0.1, 0.15) is 0 Å². The van der Waals surface area contributed by atoms with Gasteiger partial charge in [0, 0.05) is 32.8 Å². The van der Waals surface area contributed by atoms with E-state index in [1.54, 1.807) is 0 Å². The average Bonchev–Trinajstić information content (AvgIpc) is 3.06. The zero-order valence-corrected chi connectivity index (χ0v) is 14.2. The maximum absolute atomic E-state index is 5.29. The van der Waals surface area contributed by atoms with Crippen molar-refractivity contribution in [2.45, 2.75) is 45.6 Å². The molecule has 2 atom stereocenters. The first-order chi connectivity index (χ1) is 8.31. The molecule has 4 nitrogen and oxygen atoms in total. The second-order valence-electron chi connectivity index (χ2n) is 4.58. The molecule has 2 N–H and O–H groups in total. The molecule has 0 aromatic carbocycles. The van der Waals surface area contributed by atoms with Crippen LogP contribution in [0.1, 0.15) is 39.5 Å². The molecule has 0 aromatic heterocycles. The van der Waals surface area contributed by atoms with E-state index in [9.17, 15) is 0 Å². The maximum Gasteiger partial charge on any atom is 0.191 e. The quantitative estimate of drug-likeness (QED) is 0.299. The molecular weight excluding hydrogens is 341 g/mol. The molecule has 0 aromatic rings. The van der Waals surface area contributed by atoms with Crippen LogP contribution in [0.2, 0.25) is 0 Å². The van der Waals surface area contributed by atoms with Crippen molar-refractivity contribution in [2.24, 2.45) is 10.9 Å². The molecule has 2 unspecified atom stereocenters. The van der Waals surface area contributed by atoms with Crippen LogP contribution in [0.3, 0.4) is 0 Å². The minimum atomic E-state index is 0. The van der Waals surface area contributed by atoms with E-state index in [1.807, 2.05) is 14.0 Å². The van der Waals surface area contributed by atoms with Gasteiger partial charge in [-0.15, -0.1) is 24.0 Å². The van der Waals surface area contributed by atoms with Crippen LogP contribution < -0.4 is 10.6 Å². The molecule has 0 saturated heterocycles. The van der Waals surface area contributed by atoms with Crippen molar-refractivity contribution in [3.05, 3.63) is 0 Å². The summed E-state index contributed by atoms with van der Waals surface area (Å²) in [4.78, 5) is 4.23. The highest BCUT2D eigenvalue weighted by Gasteiger charge is 2.36. The Morgan fingerprint density at radius 3 is 2.78 bits per heavy atom. The largest absolute Gasteiger partial charge is 0.382 e. The van der Waals surface area contributed by atoms with Crippen molar-refractivity contribution >= 4 is 29.9 Å². The van der Waals surface area contributed by atoms with Gasteiger partial charge in [0.05, 0.1) is 0 Å². The lowest BCUT2D eigenvalue weighted by Crippen LogP contribution is -2.39. The summed E-state index contributed by atoms with van der Waals surface area (Å²) < 4.78 is 5.29. The van der Waals surface area contributed by atoms with Gasteiger partial charge < -0.3 is 15.4 Å². The predicted octanol–water partition coefficient (Wildman–Crippen LogP) is 2.38. The molecule has 0 bridgehead atoms. The minimum absolute atomic E-state index is 0. The van der Waals surface area contributed by atoms with E-state index in [0.717, 1.165) is 38.1 Å². The predicted molar refractivity (Wildman–Crippen MR) is 87.8 cm³/mol. The first kappa shape index (κ1) is 18.0. The second-order valence-corrected chi connectivity index (χ2v) is 4.58. The van der Waals surface area contributed by atoms with Crippen LogP contribution in [0.5, 0.6) is 0 Å². The standard InChI is InChI=1S/C13H27N3O.HI/c1-4-7-11-10-12(11)16-13(14-3)15-8-6-9-17-5-2;/h11-12H,4-10H2,1-3H3,(H2,14,15,16);1H. The lowest BCUT2D eigenvalue weighted by Gasteiger charge is -2.11. The van der Waals surface area contributed by atoms with E-state index in [1.165, 1.54) is 19.3 Å². The number of guanidine groups is 1. The fourth-order valence-electron chi connectivity index (χ4n) is 2.01. The first-order valence-electron chi connectivity index (χ1n) is 6.86. The Bertz CT molecular complexity index is 236. The van der Waals surface area contributed by atoms with Crippen molar-refractivity contribution in [1.82, 2.24) is 10.6 Å². The van der Waals surface area contributed by atoms with E-state index in [2.05, 4.69) is 22.5 Å². The molecule has 1 saturated carbocycles. The Morgan fingerprint density at radius 1 is 1.39 bits per heavy atom. The molecule has 0 heterocycles. The topological polar surface area (TPSA) is 45.7 Å². The molecule has 18 heavy (non-hydrogen) atoms. The van der Waals surface area contributed by atoms with Gasteiger partial charge in [-0.2, -0.15) is 0 Å². The first-order valence-corrected chi connectivity index (χ1v) is 6.86. The zero-order valence-electron chi connectivity index (χ0n) is 11.9. The third kappa shape index (κ3) is 7.41. The van der Waals surface area contributed by atoms with Crippen LogP contribution in [0.15, 0.2) is 4.99 Å².